The van der Waals surface area contributed by atoms with Gasteiger partial charge in [0.25, 0.3) is 0 Å². The van der Waals surface area contributed by atoms with Crippen molar-refractivity contribution in [1.29, 1.82) is 0 Å². The van der Waals surface area contributed by atoms with E-state index in [1.165, 1.54) is 0 Å². The van der Waals surface area contributed by atoms with Gasteiger partial charge in [0.15, 0.2) is 12.6 Å². The molecule has 4 saturated heterocycles. The molecule has 312 valence electrons. The maximum absolute atomic E-state index is 13.8. The Morgan fingerprint density at radius 2 is 1.45 bits per heavy atom. The van der Waals surface area contributed by atoms with Crippen LogP contribution in [-0.2, 0) is 33.2 Å². The maximum Gasteiger partial charge on any atom is 0.317 e. The number of rotatable bonds is 5. The molecule has 6 N–H and O–H groups in total. The van der Waals surface area contributed by atoms with Gasteiger partial charge in [0, 0.05) is 7.11 Å². The number of aliphatic hydroxyl groups is 6. The van der Waals surface area contributed by atoms with Gasteiger partial charge < -0.3 is 59.1 Å². The van der Waals surface area contributed by atoms with Crippen LogP contribution in [0.1, 0.15) is 113 Å². The largest absolute Gasteiger partial charge is 0.455 e. The third-order valence-electron chi connectivity index (χ3n) is 17.8. The standard InChI is InChI=1S/C42H66O13/c1-20-27(44)29(46)30(47)33(52-20)54-31-28(45)21(43)19-51-34(31)53-25-11-12-37(4)23(36(25,2)3)10-13-38(5)24(37)18-22(50-9)26-32-41(8,49)40(7)15-17-42(32,35(48)55-40)16-14-39(26,38)6/h20-25,27-31,33-34,43-47,49H,10-19H2,1-9H3. The van der Waals surface area contributed by atoms with Crippen molar-refractivity contribution >= 4 is 5.97 Å². The minimum atomic E-state index is -1.60. The normalized spacial score (nSPS) is 57.2. The zero-order valence-electron chi connectivity index (χ0n) is 34.1. The first-order chi connectivity index (χ1) is 25.5. The van der Waals surface area contributed by atoms with Crippen molar-refractivity contribution in [2.24, 2.45) is 38.9 Å². The number of ether oxygens (including phenoxy) is 6. The van der Waals surface area contributed by atoms with Crippen LogP contribution in [-0.4, -0.2) is 129 Å². The zero-order valence-corrected chi connectivity index (χ0v) is 34.1. The number of carbonyl (C=O) groups is 1. The number of fused-ring (bicyclic) bond motifs is 7. The molecule has 0 amide bonds. The Hall–Kier alpha value is -1.23. The van der Waals surface area contributed by atoms with Gasteiger partial charge in [0.2, 0.25) is 0 Å². The quantitative estimate of drug-likeness (QED) is 0.136. The Kier molecular flexibility index (Phi) is 9.50. The van der Waals surface area contributed by atoms with Crippen molar-refractivity contribution in [3.8, 4) is 0 Å². The van der Waals surface area contributed by atoms with E-state index in [4.69, 9.17) is 28.4 Å². The van der Waals surface area contributed by atoms with Gasteiger partial charge in [-0.25, -0.2) is 0 Å². The lowest BCUT2D eigenvalue weighted by molar-refractivity contribution is -0.364. The van der Waals surface area contributed by atoms with Crippen molar-refractivity contribution in [1.82, 2.24) is 0 Å². The Morgan fingerprint density at radius 3 is 2.13 bits per heavy atom. The lowest BCUT2D eigenvalue weighted by Gasteiger charge is -2.73. The first kappa shape index (κ1) is 40.5. The molecule has 9 rings (SSSR count). The lowest BCUT2D eigenvalue weighted by Crippen LogP contribution is -2.72. The van der Waals surface area contributed by atoms with Crippen LogP contribution in [0, 0.1) is 38.9 Å². The van der Waals surface area contributed by atoms with E-state index in [0.717, 1.165) is 43.3 Å². The van der Waals surface area contributed by atoms with Crippen LogP contribution in [0.4, 0.5) is 0 Å². The smallest absolute Gasteiger partial charge is 0.317 e. The average Bonchev–Trinajstić information content (AvgIpc) is 3.11. The van der Waals surface area contributed by atoms with E-state index in [0.29, 0.717) is 25.7 Å². The van der Waals surface area contributed by atoms with Crippen molar-refractivity contribution in [3.63, 3.8) is 0 Å². The second-order valence-electron chi connectivity index (χ2n) is 20.4. The Labute approximate surface area is 325 Å². The fraction of sp³-hybridized carbons (Fsp3) is 0.929. The van der Waals surface area contributed by atoms with Crippen molar-refractivity contribution in [2.45, 2.75) is 192 Å². The molecule has 0 radical (unpaired) electrons. The number of methoxy groups -OCH3 is 1. The molecule has 4 heterocycles. The van der Waals surface area contributed by atoms with Crippen LogP contribution in [0.15, 0.2) is 11.1 Å². The Bertz CT molecular complexity index is 1580. The van der Waals surface area contributed by atoms with E-state index in [1.807, 2.05) is 13.8 Å². The van der Waals surface area contributed by atoms with Crippen molar-refractivity contribution in [3.05, 3.63) is 11.1 Å². The summed E-state index contributed by atoms with van der Waals surface area (Å²) in [6.45, 7) is 16.9. The van der Waals surface area contributed by atoms with Gasteiger partial charge in [-0.1, -0.05) is 34.6 Å². The van der Waals surface area contributed by atoms with Crippen LogP contribution < -0.4 is 0 Å². The molecule has 9 aliphatic rings. The van der Waals surface area contributed by atoms with Gasteiger partial charge in [-0.2, -0.15) is 0 Å². The third kappa shape index (κ3) is 5.26. The summed E-state index contributed by atoms with van der Waals surface area (Å²) in [4.78, 5) is 13.8. The van der Waals surface area contributed by atoms with E-state index >= 15 is 0 Å². The molecule has 0 aromatic rings. The van der Waals surface area contributed by atoms with Crippen molar-refractivity contribution < 1.29 is 63.9 Å². The summed E-state index contributed by atoms with van der Waals surface area (Å²) in [6, 6.07) is 0. The van der Waals surface area contributed by atoms with E-state index in [1.54, 1.807) is 14.0 Å². The first-order valence-electron chi connectivity index (χ1n) is 20.8. The van der Waals surface area contributed by atoms with Gasteiger partial charge in [0.1, 0.15) is 47.8 Å². The summed E-state index contributed by atoms with van der Waals surface area (Å²) >= 11 is 0. The number of carbonyl (C=O) groups excluding carboxylic acids is 1. The fourth-order valence-electron chi connectivity index (χ4n) is 14.0. The molecule has 5 aliphatic carbocycles. The monoisotopic (exact) mass is 778 g/mol. The second-order valence-corrected chi connectivity index (χ2v) is 20.4. The molecule has 1 spiro atoms. The molecule has 19 atom stereocenters. The molecular formula is C42H66O13. The topological polar surface area (TPSA) is 194 Å². The summed E-state index contributed by atoms with van der Waals surface area (Å²) in [6.07, 6.45) is -5.26. The van der Waals surface area contributed by atoms with Gasteiger partial charge in [-0.15, -0.1) is 0 Å². The minimum Gasteiger partial charge on any atom is -0.455 e. The maximum atomic E-state index is 13.8. The number of hydrogen-bond acceptors (Lipinski definition) is 13. The summed E-state index contributed by atoms with van der Waals surface area (Å²) in [7, 11) is 1.77. The van der Waals surface area contributed by atoms with E-state index in [2.05, 4.69) is 34.6 Å². The molecule has 4 aliphatic heterocycles. The number of aliphatic hydroxyl groups excluding tert-OH is 5. The SMILES string of the molecule is COC1CC2C3(C)CCC(OC4OCC(O)C(O)C4OC4OC(C)C(O)C(O)C4O)C(C)(C)C3CCC2(C)C2(C)CCC34CCC(C)(OC3=O)C(C)(O)C4=C12. The number of esters is 1. The van der Waals surface area contributed by atoms with E-state index in [9.17, 15) is 35.4 Å². The van der Waals surface area contributed by atoms with Crippen LogP contribution >= 0.6 is 0 Å². The van der Waals surface area contributed by atoms with E-state index < -0.39 is 71.9 Å². The summed E-state index contributed by atoms with van der Waals surface area (Å²) in [5.74, 6) is 0.317. The van der Waals surface area contributed by atoms with Crippen LogP contribution in [0.2, 0.25) is 0 Å². The molecule has 13 nitrogen and oxygen atoms in total. The average molecular weight is 779 g/mol. The molecule has 13 heteroatoms. The lowest BCUT2D eigenvalue weighted by atomic mass is 9.33. The molecule has 0 aromatic carbocycles. The van der Waals surface area contributed by atoms with E-state index in [-0.39, 0.29) is 58.3 Å². The predicted octanol–water partition coefficient (Wildman–Crippen LogP) is 2.88. The molecule has 55 heavy (non-hydrogen) atoms. The second kappa shape index (κ2) is 12.9. The Balaban J connectivity index is 1.09. The highest BCUT2D eigenvalue weighted by atomic mass is 16.8. The molecule has 4 saturated carbocycles. The molecule has 19 unspecified atom stereocenters. The summed E-state index contributed by atoms with van der Waals surface area (Å²) < 4.78 is 37.1. The number of hydrogen-bond donors (Lipinski definition) is 6. The predicted molar refractivity (Wildman–Crippen MR) is 196 cm³/mol. The highest BCUT2D eigenvalue weighted by Crippen LogP contribution is 2.77. The zero-order chi connectivity index (χ0) is 40.1. The highest BCUT2D eigenvalue weighted by molar-refractivity contribution is 5.86. The molecule has 0 aromatic heterocycles. The molecule has 8 fully saturated rings. The van der Waals surface area contributed by atoms with Crippen LogP contribution in [0.5, 0.6) is 0 Å². The third-order valence-corrected chi connectivity index (χ3v) is 17.8. The van der Waals surface area contributed by atoms with Gasteiger partial charge in [0.05, 0.1) is 30.3 Å². The first-order valence-corrected chi connectivity index (χ1v) is 20.8. The summed E-state index contributed by atoms with van der Waals surface area (Å²) in [5, 5.41) is 65.5. The molecule has 2 bridgehead atoms. The molecular weight excluding hydrogens is 712 g/mol. The Morgan fingerprint density at radius 1 is 0.764 bits per heavy atom. The van der Waals surface area contributed by atoms with Gasteiger partial charge >= 0.3 is 5.97 Å². The minimum absolute atomic E-state index is 0.104. The summed E-state index contributed by atoms with van der Waals surface area (Å²) in [5.41, 5.74) is -2.02. The fourth-order valence-corrected chi connectivity index (χ4v) is 14.0. The van der Waals surface area contributed by atoms with Gasteiger partial charge in [-0.3, -0.25) is 4.79 Å². The van der Waals surface area contributed by atoms with Gasteiger partial charge in [-0.05, 0) is 123 Å². The van der Waals surface area contributed by atoms with Crippen LogP contribution in [0.3, 0.4) is 0 Å². The highest BCUT2D eigenvalue weighted by Gasteiger charge is 2.75. The van der Waals surface area contributed by atoms with Crippen molar-refractivity contribution in [2.75, 3.05) is 13.7 Å². The van der Waals surface area contributed by atoms with Crippen LogP contribution in [0.25, 0.3) is 0 Å².